The highest BCUT2D eigenvalue weighted by Crippen LogP contribution is 2.36. The average Bonchev–Trinajstić information content (AvgIpc) is 2.72. The number of rotatable bonds is 8. The molecule has 35 heavy (non-hydrogen) atoms. The van der Waals surface area contributed by atoms with Crippen LogP contribution in [0.25, 0.3) is 0 Å². The lowest BCUT2D eigenvalue weighted by molar-refractivity contribution is -0.877. The lowest BCUT2D eigenvalue weighted by atomic mass is 9.82. The number of alkyl halides is 6. The van der Waals surface area contributed by atoms with Gasteiger partial charge in [0, 0.05) is 0 Å². The zero-order valence-corrected chi connectivity index (χ0v) is 19.9. The molecule has 1 saturated carbocycles. The van der Waals surface area contributed by atoms with Crippen molar-refractivity contribution in [1.29, 1.82) is 0 Å². The fraction of sp³-hybridized carbons (Fsp3) is 0.500. The van der Waals surface area contributed by atoms with E-state index in [1.54, 1.807) is 0 Å². The molecule has 4 nitrogen and oxygen atoms in total. The van der Waals surface area contributed by atoms with E-state index in [1.807, 2.05) is 21.1 Å². The van der Waals surface area contributed by atoms with Crippen LogP contribution >= 0.6 is 0 Å². The molecule has 0 bridgehead atoms. The van der Waals surface area contributed by atoms with Crippen LogP contribution in [0.4, 0.5) is 26.3 Å². The lowest BCUT2D eigenvalue weighted by Crippen LogP contribution is -2.55. The lowest BCUT2D eigenvalue weighted by Gasteiger charge is -2.42. The fourth-order valence-electron chi connectivity index (χ4n) is 4.36. The Balaban J connectivity index is 1.93. The topological polar surface area (TPSA) is 27.7 Å². The summed E-state index contributed by atoms with van der Waals surface area (Å²) in [6, 6.07) is 8.40. The second kappa shape index (κ2) is 10.3. The van der Waals surface area contributed by atoms with Gasteiger partial charge in [-0.15, -0.1) is 0 Å². The smallest absolute Gasteiger partial charge is 0.501 e. The molecular formula is C24H29BF6NO3+. The first-order chi connectivity index (χ1) is 16.2. The molecule has 192 valence electrons. The normalized spacial score (nSPS) is 16.6. The summed E-state index contributed by atoms with van der Waals surface area (Å²) in [5.41, 5.74) is -2.57. The van der Waals surface area contributed by atoms with Crippen LogP contribution in [0.5, 0.6) is 11.5 Å². The zero-order chi connectivity index (χ0) is 25.9. The highest BCUT2D eigenvalue weighted by Gasteiger charge is 2.45. The van der Waals surface area contributed by atoms with Crippen molar-refractivity contribution in [3.05, 3.63) is 59.7 Å². The molecule has 2 aromatic carbocycles. The Morgan fingerprint density at radius 1 is 0.771 bits per heavy atom. The summed E-state index contributed by atoms with van der Waals surface area (Å²) in [7, 11) is 4.38. The maximum atomic E-state index is 13.2. The van der Waals surface area contributed by atoms with Gasteiger partial charge in [0.1, 0.15) is 23.6 Å². The summed E-state index contributed by atoms with van der Waals surface area (Å²) < 4.78 is 97.4. The van der Waals surface area contributed by atoms with E-state index in [-0.39, 0.29) is 11.5 Å². The molecule has 3 rings (SSSR count). The van der Waals surface area contributed by atoms with Crippen molar-refractivity contribution in [1.82, 2.24) is 0 Å². The third kappa shape index (κ3) is 8.07. The first-order valence-corrected chi connectivity index (χ1v) is 11.3. The van der Waals surface area contributed by atoms with Crippen molar-refractivity contribution in [2.75, 3.05) is 27.7 Å². The van der Waals surface area contributed by atoms with Gasteiger partial charge in [0.15, 0.2) is 0 Å². The standard InChI is InChI=1S/C24H29BF6NO3/c1-32(2,3)17-22(13-5-4-6-14-22)35-25(33-20-11-7-9-18(15-20)23(26,27)28)34-21-12-8-10-19(16-21)24(29,30)31/h7-12,15-16H,4-6,13-14,17H2,1-3H3/q+1. The van der Waals surface area contributed by atoms with Crippen molar-refractivity contribution in [3.63, 3.8) is 0 Å². The van der Waals surface area contributed by atoms with Crippen LogP contribution in [0.15, 0.2) is 48.5 Å². The van der Waals surface area contributed by atoms with Crippen molar-refractivity contribution in [2.45, 2.75) is 50.1 Å². The largest absolute Gasteiger partial charge is 0.788 e. The van der Waals surface area contributed by atoms with E-state index >= 15 is 0 Å². The number of nitrogens with zero attached hydrogens (tertiary/aromatic N) is 1. The van der Waals surface area contributed by atoms with Crippen molar-refractivity contribution >= 4 is 7.32 Å². The Labute approximate surface area is 201 Å². The summed E-state index contributed by atoms with van der Waals surface area (Å²) in [5, 5.41) is 0. The maximum Gasteiger partial charge on any atom is 0.788 e. The summed E-state index contributed by atoms with van der Waals surface area (Å²) in [6.45, 7) is 0.557. The molecule has 0 atom stereocenters. The molecule has 0 heterocycles. The van der Waals surface area contributed by atoms with Crippen molar-refractivity contribution < 1.29 is 44.8 Å². The van der Waals surface area contributed by atoms with Gasteiger partial charge in [-0.05, 0) is 49.2 Å². The van der Waals surface area contributed by atoms with Crippen molar-refractivity contribution in [3.8, 4) is 11.5 Å². The molecule has 1 aliphatic rings. The number of quaternary nitrogens is 1. The molecule has 0 saturated heterocycles. The molecule has 0 aromatic heterocycles. The van der Waals surface area contributed by atoms with Crippen LogP contribution in [-0.4, -0.2) is 45.1 Å². The molecule has 0 radical (unpaired) electrons. The van der Waals surface area contributed by atoms with E-state index < -0.39 is 36.4 Å². The third-order valence-electron chi connectivity index (χ3n) is 5.66. The Kier molecular flexibility index (Phi) is 8.01. The maximum absolute atomic E-state index is 13.2. The minimum Gasteiger partial charge on any atom is -0.501 e. The number of hydrogen-bond donors (Lipinski definition) is 0. The third-order valence-corrected chi connectivity index (χ3v) is 5.66. The Morgan fingerprint density at radius 3 is 1.63 bits per heavy atom. The summed E-state index contributed by atoms with van der Waals surface area (Å²) in [4.78, 5) is 0. The van der Waals surface area contributed by atoms with Crippen LogP contribution in [0.1, 0.15) is 43.2 Å². The molecule has 0 amide bonds. The molecule has 0 aliphatic heterocycles. The van der Waals surface area contributed by atoms with Crippen LogP contribution in [0, 0.1) is 0 Å². The van der Waals surface area contributed by atoms with Gasteiger partial charge in [-0.2, -0.15) is 26.3 Å². The molecule has 2 aromatic rings. The molecule has 0 unspecified atom stereocenters. The van der Waals surface area contributed by atoms with Crippen LogP contribution in [0.2, 0.25) is 0 Å². The average molecular weight is 504 g/mol. The second-order valence-electron chi connectivity index (χ2n) is 9.89. The van der Waals surface area contributed by atoms with Gasteiger partial charge in [0.2, 0.25) is 0 Å². The van der Waals surface area contributed by atoms with Crippen LogP contribution in [0.3, 0.4) is 0 Å². The van der Waals surface area contributed by atoms with Gasteiger partial charge >= 0.3 is 19.7 Å². The van der Waals surface area contributed by atoms with Crippen LogP contribution in [-0.2, 0) is 17.0 Å². The highest BCUT2D eigenvalue weighted by molar-refractivity contribution is 6.38. The zero-order valence-electron chi connectivity index (χ0n) is 19.9. The predicted molar refractivity (Wildman–Crippen MR) is 120 cm³/mol. The summed E-state index contributed by atoms with van der Waals surface area (Å²) in [5.74, 6) is -0.346. The molecule has 1 fully saturated rings. The van der Waals surface area contributed by atoms with Gasteiger partial charge in [0.25, 0.3) is 0 Å². The van der Waals surface area contributed by atoms with Gasteiger partial charge < -0.3 is 18.4 Å². The monoisotopic (exact) mass is 504 g/mol. The second-order valence-corrected chi connectivity index (χ2v) is 9.89. The quantitative estimate of drug-likeness (QED) is 0.231. The van der Waals surface area contributed by atoms with Crippen molar-refractivity contribution in [2.24, 2.45) is 0 Å². The first-order valence-electron chi connectivity index (χ1n) is 11.3. The van der Waals surface area contributed by atoms with Crippen LogP contribution < -0.4 is 9.31 Å². The SMILES string of the molecule is C[N+](C)(C)CC1(OB(Oc2cccc(C(F)(F)F)c2)Oc2cccc(C(F)(F)F)c2)CCCCC1. The van der Waals surface area contributed by atoms with E-state index in [9.17, 15) is 26.3 Å². The predicted octanol–water partition coefficient (Wildman–Crippen LogP) is 6.59. The highest BCUT2D eigenvalue weighted by atomic mass is 19.4. The molecule has 0 spiro atoms. The molecule has 1 aliphatic carbocycles. The number of likely N-dealkylation sites (N-methyl/N-ethyl adjacent to an activating group) is 1. The van der Waals surface area contributed by atoms with Gasteiger partial charge in [0.05, 0.1) is 32.3 Å². The summed E-state index contributed by atoms with van der Waals surface area (Å²) in [6.07, 6.45) is -5.10. The Morgan fingerprint density at radius 2 is 1.23 bits per heavy atom. The van der Waals surface area contributed by atoms with E-state index in [2.05, 4.69) is 0 Å². The first kappa shape index (κ1) is 27.2. The summed E-state index contributed by atoms with van der Waals surface area (Å²) >= 11 is 0. The fourth-order valence-corrected chi connectivity index (χ4v) is 4.36. The number of benzene rings is 2. The van der Waals surface area contributed by atoms with E-state index in [4.69, 9.17) is 14.0 Å². The Hall–Kier alpha value is -2.40. The minimum atomic E-state index is -4.59. The molecule has 0 N–H and O–H groups in total. The molecule has 11 heteroatoms. The van der Waals surface area contributed by atoms with E-state index in [0.29, 0.717) is 23.9 Å². The van der Waals surface area contributed by atoms with Gasteiger partial charge in [-0.1, -0.05) is 31.4 Å². The van der Waals surface area contributed by atoms with Gasteiger partial charge in [-0.3, -0.25) is 0 Å². The minimum absolute atomic E-state index is 0.173. The van der Waals surface area contributed by atoms with E-state index in [0.717, 1.165) is 43.5 Å². The number of hydrogen-bond acceptors (Lipinski definition) is 3. The Bertz CT molecular complexity index is 925. The van der Waals surface area contributed by atoms with E-state index in [1.165, 1.54) is 24.3 Å². The number of halogens is 6. The molecular weight excluding hydrogens is 475 g/mol. The van der Waals surface area contributed by atoms with Gasteiger partial charge in [-0.25, -0.2) is 0 Å².